The summed E-state index contributed by atoms with van der Waals surface area (Å²) in [5, 5.41) is 0. The van der Waals surface area contributed by atoms with Crippen molar-refractivity contribution in [2.45, 2.75) is 51.9 Å². The Morgan fingerprint density at radius 2 is 1.50 bits per heavy atom. The molecule has 0 amide bonds. The highest BCUT2D eigenvalue weighted by molar-refractivity contribution is 5.18. The van der Waals surface area contributed by atoms with Gasteiger partial charge >= 0.3 is 0 Å². The minimum absolute atomic E-state index is 0.0823. The van der Waals surface area contributed by atoms with E-state index < -0.39 is 0 Å². The second-order valence-corrected chi connectivity index (χ2v) is 6.79. The van der Waals surface area contributed by atoms with E-state index in [4.69, 9.17) is 0 Å². The number of rotatable bonds is 3. The van der Waals surface area contributed by atoms with Crippen LogP contribution in [0, 0.1) is 0 Å². The first kappa shape index (κ1) is 14.6. The Morgan fingerprint density at radius 3 is 2.00 bits per heavy atom. The molecule has 0 saturated carbocycles. The molecule has 0 unspecified atom stereocenters. The van der Waals surface area contributed by atoms with Gasteiger partial charge < -0.3 is 0 Å². The first-order valence-corrected chi connectivity index (χ1v) is 6.87. The fourth-order valence-corrected chi connectivity index (χ4v) is 1.97. The Balaban J connectivity index is 2.18. The lowest BCUT2D eigenvalue weighted by atomic mass is 9.85. The van der Waals surface area contributed by atoms with E-state index in [1.165, 1.54) is 0 Å². The molecule has 2 aromatic heterocycles. The van der Waals surface area contributed by atoms with Crippen LogP contribution < -0.4 is 0 Å². The van der Waals surface area contributed by atoms with E-state index in [2.05, 4.69) is 54.6 Å². The molecule has 0 N–H and O–H groups in total. The van der Waals surface area contributed by atoms with Gasteiger partial charge in [0.1, 0.15) is 5.82 Å². The molecule has 0 saturated heterocycles. The predicted molar refractivity (Wildman–Crippen MR) is 79.5 cm³/mol. The molecule has 0 fully saturated rings. The normalized spacial score (nSPS) is 12.4. The maximum absolute atomic E-state index is 4.50. The Labute approximate surface area is 120 Å². The highest BCUT2D eigenvalue weighted by Crippen LogP contribution is 2.25. The van der Waals surface area contributed by atoms with Crippen molar-refractivity contribution < 1.29 is 0 Å². The van der Waals surface area contributed by atoms with Crippen LogP contribution >= 0.6 is 0 Å². The van der Waals surface area contributed by atoms with Crippen molar-refractivity contribution in [3.05, 3.63) is 48.1 Å². The average Bonchev–Trinajstić information content (AvgIpc) is 2.39. The van der Waals surface area contributed by atoms with E-state index >= 15 is 0 Å². The van der Waals surface area contributed by atoms with Gasteiger partial charge in [0.15, 0.2) is 0 Å². The highest BCUT2D eigenvalue weighted by Gasteiger charge is 2.24. The van der Waals surface area contributed by atoms with Gasteiger partial charge in [0.05, 0.1) is 5.69 Å². The minimum atomic E-state index is -0.127. The molecule has 20 heavy (non-hydrogen) atoms. The third-order valence-corrected chi connectivity index (χ3v) is 3.43. The third kappa shape index (κ3) is 3.38. The summed E-state index contributed by atoms with van der Waals surface area (Å²) in [4.78, 5) is 17.5. The molecule has 0 aliphatic rings. The lowest BCUT2D eigenvalue weighted by Crippen LogP contribution is -2.24. The molecule has 2 aromatic rings. The van der Waals surface area contributed by atoms with Gasteiger partial charge in [-0.25, -0.2) is 9.97 Å². The van der Waals surface area contributed by atoms with Crippen molar-refractivity contribution >= 4 is 0 Å². The quantitative estimate of drug-likeness (QED) is 0.860. The van der Waals surface area contributed by atoms with Gasteiger partial charge in [-0.3, -0.25) is 9.97 Å². The van der Waals surface area contributed by atoms with Crippen LogP contribution in [-0.4, -0.2) is 19.9 Å². The largest absolute Gasteiger partial charge is 0.261 e. The number of aromatic nitrogens is 4. The molecule has 106 valence electrons. The van der Waals surface area contributed by atoms with Gasteiger partial charge in [0, 0.05) is 42.8 Å². The third-order valence-electron chi connectivity index (χ3n) is 3.43. The van der Waals surface area contributed by atoms with Gasteiger partial charge in [-0.1, -0.05) is 34.6 Å². The summed E-state index contributed by atoms with van der Waals surface area (Å²) < 4.78 is 0. The second-order valence-electron chi connectivity index (χ2n) is 6.79. The molecule has 0 radical (unpaired) electrons. The molecule has 0 bridgehead atoms. The van der Waals surface area contributed by atoms with E-state index in [9.17, 15) is 0 Å². The van der Waals surface area contributed by atoms with Crippen LogP contribution in [0.5, 0.6) is 0 Å². The first-order valence-electron chi connectivity index (χ1n) is 6.87. The molecule has 0 aromatic carbocycles. The van der Waals surface area contributed by atoms with Crippen LogP contribution in [0.4, 0.5) is 0 Å². The number of nitrogens with zero attached hydrogens (tertiary/aromatic N) is 4. The molecular weight excluding hydrogens is 248 g/mol. The zero-order valence-electron chi connectivity index (χ0n) is 12.9. The van der Waals surface area contributed by atoms with Gasteiger partial charge in [-0.15, -0.1) is 0 Å². The molecule has 2 rings (SSSR count). The van der Waals surface area contributed by atoms with Crippen molar-refractivity contribution in [2.24, 2.45) is 0 Å². The van der Waals surface area contributed by atoms with E-state index in [0.29, 0.717) is 0 Å². The molecule has 4 nitrogen and oxygen atoms in total. The molecular formula is C16H22N4. The Morgan fingerprint density at radius 1 is 0.850 bits per heavy atom. The summed E-state index contributed by atoms with van der Waals surface area (Å²) in [6.45, 7) is 10.8. The molecule has 0 aliphatic carbocycles. The fraction of sp³-hybridized carbons (Fsp3) is 0.500. The van der Waals surface area contributed by atoms with Crippen molar-refractivity contribution in [3.63, 3.8) is 0 Å². The van der Waals surface area contributed by atoms with Crippen LogP contribution in [-0.2, 0) is 17.3 Å². The second kappa shape index (κ2) is 5.27. The smallest absolute Gasteiger partial charge is 0.129 e. The van der Waals surface area contributed by atoms with Crippen LogP contribution in [0.2, 0.25) is 0 Å². The van der Waals surface area contributed by atoms with Gasteiger partial charge in [0.2, 0.25) is 0 Å². The lowest BCUT2D eigenvalue weighted by molar-refractivity contribution is 0.487. The maximum atomic E-state index is 4.50. The summed E-state index contributed by atoms with van der Waals surface area (Å²) in [7, 11) is 0. The zero-order valence-corrected chi connectivity index (χ0v) is 12.9. The van der Waals surface area contributed by atoms with Crippen LogP contribution in [0.3, 0.4) is 0 Å². The lowest BCUT2D eigenvalue weighted by Gasteiger charge is -2.23. The van der Waals surface area contributed by atoms with E-state index in [0.717, 1.165) is 23.5 Å². The zero-order chi connectivity index (χ0) is 14.8. The molecule has 0 atom stereocenters. The van der Waals surface area contributed by atoms with Crippen LogP contribution in [0.1, 0.15) is 51.7 Å². The summed E-state index contributed by atoms with van der Waals surface area (Å²) in [5.74, 6) is 0.841. The Bertz CT molecular complexity index is 553. The minimum Gasteiger partial charge on any atom is -0.261 e. The Hall–Kier alpha value is -1.84. The molecule has 0 spiro atoms. The van der Waals surface area contributed by atoms with Gasteiger partial charge in [-0.05, 0) is 11.0 Å². The standard InChI is InChI=1S/C16H22N4/c1-15(2,3)12-9-19-14(20-10-12)8-16(4,5)13-11-17-6-7-18-13/h6-7,9-11H,8H2,1-5H3. The van der Waals surface area contributed by atoms with Crippen LogP contribution in [0.15, 0.2) is 31.0 Å². The summed E-state index contributed by atoms with van der Waals surface area (Å²) in [6.07, 6.45) is 9.82. The first-order chi connectivity index (χ1) is 9.29. The maximum Gasteiger partial charge on any atom is 0.129 e. The van der Waals surface area contributed by atoms with Crippen molar-refractivity contribution in [2.75, 3.05) is 0 Å². The summed E-state index contributed by atoms with van der Waals surface area (Å²) >= 11 is 0. The predicted octanol–water partition coefficient (Wildman–Crippen LogP) is 3.08. The van der Waals surface area contributed by atoms with Crippen LogP contribution in [0.25, 0.3) is 0 Å². The van der Waals surface area contributed by atoms with E-state index in [-0.39, 0.29) is 10.8 Å². The summed E-state index contributed by atoms with van der Waals surface area (Å²) in [5.41, 5.74) is 2.07. The summed E-state index contributed by atoms with van der Waals surface area (Å²) in [6, 6.07) is 0. The SMILES string of the molecule is CC(C)(C)c1cnc(CC(C)(C)c2cnccn2)nc1. The van der Waals surface area contributed by atoms with Crippen molar-refractivity contribution in [1.29, 1.82) is 0 Å². The number of hydrogen-bond acceptors (Lipinski definition) is 4. The topological polar surface area (TPSA) is 51.6 Å². The van der Waals surface area contributed by atoms with E-state index in [1.807, 2.05) is 18.6 Å². The van der Waals surface area contributed by atoms with Crippen molar-refractivity contribution in [3.8, 4) is 0 Å². The van der Waals surface area contributed by atoms with Gasteiger partial charge in [-0.2, -0.15) is 0 Å². The molecule has 4 heteroatoms. The fourth-order valence-electron chi connectivity index (χ4n) is 1.97. The van der Waals surface area contributed by atoms with E-state index in [1.54, 1.807) is 12.4 Å². The highest BCUT2D eigenvalue weighted by atomic mass is 14.9. The molecule has 2 heterocycles. The van der Waals surface area contributed by atoms with Crippen molar-refractivity contribution in [1.82, 2.24) is 19.9 Å². The Kier molecular flexibility index (Phi) is 3.84. The van der Waals surface area contributed by atoms with Gasteiger partial charge in [0.25, 0.3) is 0 Å². The monoisotopic (exact) mass is 270 g/mol. The molecule has 0 aliphatic heterocycles. The number of hydrogen-bond donors (Lipinski definition) is 0. The average molecular weight is 270 g/mol.